The Bertz CT molecular complexity index is 635. The van der Waals surface area contributed by atoms with E-state index in [4.69, 9.17) is 4.74 Å². The van der Waals surface area contributed by atoms with Crippen LogP contribution in [0.1, 0.15) is 48.6 Å². The van der Waals surface area contributed by atoms with Gasteiger partial charge in [-0.3, -0.25) is 0 Å². The van der Waals surface area contributed by atoms with Gasteiger partial charge in [-0.05, 0) is 55.7 Å². The van der Waals surface area contributed by atoms with Gasteiger partial charge < -0.3 is 4.74 Å². The number of aryl methyl sites for hydroxylation is 1. The van der Waals surface area contributed by atoms with Crippen LogP contribution in [0.5, 0.6) is 11.6 Å². The second-order valence-corrected chi connectivity index (χ2v) is 5.73. The lowest BCUT2D eigenvalue weighted by atomic mass is 9.91. The Kier molecular flexibility index (Phi) is 2.91. The summed E-state index contributed by atoms with van der Waals surface area (Å²) in [4.78, 5) is 8.89. The molecule has 1 fully saturated rings. The van der Waals surface area contributed by atoms with Crippen LogP contribution in [0.3, 0.4) is 0 Å². The first kappa shape index (κ1) is 11.9. The Balaban J connectivity index is 1.64. The molecule has 1 aromatic heterocycles. The molecule has 1 saturated carbocycles. The summed E-state index contributed by atoms with van der Waals surface area (Å²) < 4.78 is 6.04. The lowest BCUT2D eigenvalue weighted by Gasteiger charge is -2.19. The van der Waals surface area contributed by atoms with Crippen molar-refractivity contribution in [3.63, 3.8) is 0 Å². The van der Waals surface area contributed by atoms with Crippen molar-refractivity contribution < 1.29 is 4.74 Å². The molecule has 0 N–H and O–H groups in total. The standard InChI is InChI=1S/C17H18N2O/c1-2-6-14-12(4-1)5-3-7-15(14)20-16-10-11-18-17(19-16)13-8-9-13/h3,5,7,10-11,13H,1-2,4,6,8-9H2. The second-order valence-electron chi connectivity index (χ2n) is 5.73. The third-order valence-electron chi connectivity index (χ3n) is 4.16. The average Bonchev–Trinajstić information content (AvgIpc) is 3.33. The molecule has 1 heterocycles. The molecule has 0 atom stereocenters. The van der Waals surface area contributed by atoms with Crippen LogP contribution < -0.4 is 4.74 Å². The predicted molar refractivity (Wildman–Crippen MR) is 77.2 cm³/mol. The van der Waals surface area contributed by atoms with Crippen molar-refractivity contribution in [2.75, 3.05) is 0 Å². The molecule has 2 aliphatic carbocycles. The number of fused-ring (bicyclic) bond motifs is 1. The molecule has 2 aliphatic rings. The topological polar surface area (TPSA) is 35.0 Å². The molecular weight excluding hydrogens is 248 g/mol. The summed E-state index contributed by atoms with van der Waals surface area (Å²) in [6.07, 6.45) is 9.07. The zero-order valence-electron chi connectivity index (χ0n) is 11.5. The SMILES string of the molecule is c1cc2c(c(Oc3ccnc(C4CC4)n3)c1)CCCC2. The maximum atomic E-state index is 6.04. The lowest BCUT2D eigenvalue weighted by molar-refractivity contribution is 0.448. The minimum atomic E-state index is 0.559. The van der Waals surface area contributed by atoms with Crippen LogP contribution in [0.4, 0.5) is 0 Å². The number of aromatic nitrogens is 2. The molecule has 0 aliphatic heterocycles. The van der Waals surface area contributed by atoms with Gasteiger partial charge in [-0.2, -0.15) is 4.98 Å². The third-order valence-corrected chi connectivity index (χ3v) is 4.16. The summed E-state index contributed by atoms with van der Waals surface area (Å²) in [7, 11) is 0. The summed E-state index contributed by atoms with van der Waals surface area (Å²) in [5.74, 6) is 3.15. The summed E-state index contributed by atoms with van der Waals surface area (Å²) >= 11 is 0. The van der Waals surface area contributed by atoms with Crippen molar-refractivity contribution in [2.45, 2.75) is 44.4 Å². The summed E-state index contributed by atoms with van der Waals surface area (Å²) in [5, 5.41) is 0. The molecular formula is C17H18N2O. The first-order valence-corrected chi connectivity index (χ1v) is 7.52. The van der Waals surface area contributed by atoms with E-state index in [1.54, 1.807) is 0 Å². The summed E-state index contributed by atoms with van der Waals surface area (Å²) in [5.41, 5.74) is 2.80. The lowest BCUT2D eigenvalue weighted by Crippen LogP contribution is -2.05. The maximum Gasteiger partial charge on any atom is 0.222 e. The van der Waals surface area contributed by atoms with E-state index in [-0.39, 0.29) is 0 Å². The van der Waals surface area contributed by atoms with Crippen molar-refractivity contribution >= 4 is 0 Å². The number of ether oxygens (including phenoxy) is 1. The number of nitrogens with zero attached hydrogens (tertiary/aromatic N) is 2. The molecule has 3 heteroatoms. The van der Waals surface area contributed by atoms with Crippen LogP contribution in [0.25, 0.3) is 0 Å². The van der Waals surface area contributed by atoms with Crippen molar-refractivity contribution in [1.82, 2.24) is 9.97 Å². The molecule has 102 valence electrons. The van der Waals surface area contributed by atoms with E-state index < -0.39 is 0 Å². The van der Waals surface area contributed by atoms with Gasteiger partial charge in [0.25, 0.3) is 0 Å². The Morgan fingerprint density at radius 2 is 1.95 bits per heavy atom. The molecule has 0 amide bonds. The minimum Gasteiger partial charge on any atom is -0.439 e. The number of benzene rings is 1. The van der Waals surface area contributed by atoms with Gasteiger partial charge in [-0.15, -0.1) is 0 Å². The molecule has 0 spiro atoms. The van der Waals surface area contributed by atoms with E-state index in [1.165, 1.54) is 43.2 Å². The van der Waals surface area contributed by atoms with Crippen LogP contribution in [-0.4, -0.2) is 9.97 Å². The zero-order chi connectivity index (χ0) is 13.4. The van der Waals surface area contributed by atoms with Gasteiger partial charge in [0.1, 0.15) is 11.6 Å². The van der Waals surface area contributed by atoms with Crippen LogP contribution in [0.2, 0.25) is 0 Å². The van der Waals surface area contributed by atoms with E-state index in [1.807, 2.05) is 12.3 Å². The van der Waals surface area contributed by atoms with Crippen molar-refractivity contribution in [2.24, 2.45) is 0 Å². The maximum absolute atomic E-state index is 6.04. The van der Waals surface area contributed by atoms with Gasteiger partial charge in [0.05, 0.1) is 0 Å². The largest absolute Gasteiger partial charge is 0.439 e. The first-order valence-electron chi connectivity index (χ1n) is 7.52. The highest BCUT2D eigenvalue weighted by Gasteiger charge is 2.26. The van der Waals surface area contributed by atoms with E-state index in [0.29, 0.717) is 11.8 Å². The third kappa shape index (κ3) is 2.28. The number of hydrogen-bond acceptors (Lipinski definition) is 3. The predicted octanol–water partition coefficient (Wildman–Crippen LogP) is 4.03. The monoisotopic (exact) mass is 266 g/mol. The van der Waals surface area contributed by atoms with Crippen molar-refractivity contribution in [3.05, 3.63) is 47.4 Å². The van der Waals surface area contributed by atoms with Crippen LogP contribution in [0, 0.1) is 0 Å². The highest BCUT2D eigenvalue weighted by atomic mass is 16.5. The molecule has 2 aromatic rings. The van der Waals surface area contributed by atoms with E-state index >= 15 is 0 Å². The van der Waals surface area contributed by atoms with Gasteiger partial charge in [-0.1, -0.05) is 12.1 Å². The van der Waals surface area contributed by atoms with Gasteiger partial charge in [0.15, 0.2) is 0 Å². The Hall–Kier alpha value is -1.90. The fourth-order valence-corrected chi connectivity index (χ4v) is 2.91. The average molecular weight is 266 g/mol. The molecule has 3 nitrogen and oxygen atoms in total. The van der Waals surface area contributed by atoms with Crippen LogP contribution in [0.15, 0.2) is 30.5 Å². The molecule has 0 saturated heterocycles. The fraction of sp³-hybridized carbons (Fsp3) is 0.412. The normalized spacial score (nSPS) is 17.6. The molecule has 1 aromatic carbocycles. The van der Waals surface area contributed by atoms with Gasteiger partial charge >= 0.3 is 0 Å². The van der Waals surface area contributed by atoms with Crippen LogP contribution >= 0.6 is 0 Å². The van der Waals surface area contributed by atoms with Gasteiger partial charge in [0.2, 0.25) is 5.88 Å². The smallest absolute Gasteiger partial charge is 0.222 e. The van der Waals surface area contributed by atoms with E-state index in [2.05, 4.69) is 28.2 Å². The quantitative estimate of drug-likeness (QED) is 0.841. The van der Waals surface area contributed by atoms with Crippen LogP contribution in [-0.2, 0) is 12.8 Å². The van der Waals surface area contributed by atoms with Gasteiger partial charge in [-0.25, -0.2) is 4.98 Å². The first-order chi connectivity index (χ1) is 9.90. The van der Waals surface area contributed by atoms with Crippen molar-refractivity contribution in [3.8, 4) is 11.6 Å². The Morgan fingerprint density at radius 1 is 1.05 bits per heavy atom. The van der Waals surface area contributed by atoms with E-state index in [9.17, 15) is 0 Å². The summed E-state index contributed by atoms with van der Waals surface area (Å²) in [6, 6.07) is 8.22. The minimum absolute atomic E-state index is 0.559. The zero-order valence-corrected chi connectivity index (χ0v) is 11.5. The molecule has 0 unspecified atom stereocenters. The molecule has 0 bridgehead atoms. The highest BCUT2D eigenvalue weighted by molar-refractivity contribution is 5.43. The Morgan fingerprint density at radius 3 is 2.85 bits per heavy atom. The Labute approximate surface area is 119 Å². The molecule has 0 radical (unpaired) electrons. The molecule has 20 heavy (non-hydrogen) atoms. The summed E-state index contributed by atoms with van der Waals surface area (Å²) in [6.45, 7) is 0. The number of hydrogen-bond donors (Lipinski definition) is 0. The van der Waals surface area contributed by atoms with Gasteiger partial charge in [0, 0.05) is 18.2 Å². The van der Waals surface area contributed by atoms with Crippen molar-refractivity contribution in [1.29, 1.82) is 0 Å². The fourth-order valence-electron chi connectivity index (χ4n) is 2.91. The van der Waals surface area contributed by atoms with E-state index in [0.717, 1.165) is 18.0 Å². The molecule has 4 rings (SSSR count). The number of rotatable bonds is 3. The second kappa shape index (κ2) is 4.89. The highest BCUT2D eigenvalue weighted by Crippen LogP contribution is 2.39.